The average Bonchev–Trinajstić information content (AvgIpc) is 3.03. The minimum absolute atomic E-state index is 0.122. The molecule has 3 aromatic rings. The Morgan fingerprint density at radius 2 is 1.96 bits per heavy atom. The van der Waals surface area contributed by atoms with Crippen molar-refractivity contribution < 1.29 is 9.90 Å². The first-order chi connectivity index (χ1) is 13.5. The smallest absolute Gasteiger partial charge is 0.232 e. The van der Waals surface area contributed by atoms with Crippen LogP contribution in [0.5, 0.6) is 0 Å². The van der Waals surface area contributed by atoms with Gasteiger partial charge < -0.3 is 14.6 Å². The number of thioether (sulfide) groups is 1. The van der Waals surface area contributed by atoms with Crippen molar-refractivity contribution in [1.29, 1.82) is 0 Å². The summed E-state index contributed by atoms with van der Waals surface area (Å²) in [5.41, 5.74) is 2.01. The molecule has 6 heteroatoms. The maximum atomic E-state index is 12.7. The van der Waals surface area contributed by atoms with Crippen molar-refractivity contribution in [2.45, 2.75) is 30.3 Å². The number of para-hydroxylation sites is 1. The number of fused-ring (bicyclic) bond motifs is 1. The molecule has 0 unspecified atom stereocenters. The lowest BCUT2D eigenvalue weighted by Crippen LogP contribution is -2.46. The van der Waals surface area contributed by atoms with Gasteiger partial charge in [0.2, 0.25) is 5.91 Å². The van der Waals surface area contributed by atoms with E-state index in [2.05, 4.69) is 27.9 Å². The van der Waals surface area contributed by atoms with Crippen molar-refractivity contribution in [3.05, 3.63) is 60.0 Å². The van der Waals surface area contributed by atoms with Crippen LogP contribution < -0.4 is 0 Å². The van der Waals surface area contributed by atoms with E-state index in [-0.39, 0.29) is 5.91 Å². The summed E-state index contributed by atoms with van der Waals surface area (Å²) in [6, 6.07) is 12.1. The molecule has 1 fully saturated rings. The zero-order chi connectivity index (χ0) is 19.7. The number of carbonyl (C=O) groups excluding carboxylic acids is 1. The van der Waals surface area contributed by atoms with Crippen LogP contribution in [0.15, 0.2) is 53.7 Å². The molecule has 0 aliphatic carbocycles. The molecular formula is C22H25N3O2S. The van der Waals surface area contributed by atoms with E-state index in [1.807, 2.05) is 43.1 Å². The molecule has 0 atom stereocenters. The number of hydrogen-bond donors (Lipinski definition) is 1. The number of carbonyl (C=O) groups is 1. The van der Waals surface area contributed by atoms with Crippen LogP contribution in [0.1, 0.15) is 24.1 Å². The number of rotatable bonds is 4. The fourth-order valence-corrected chi connectivity index (χ4v) is 4.80. The van der Waals surface area contributed by atoms with Crippen LogP contribution in [0.25, 0.3) is 10.9 Å². The highest BCUT2D eigenvalue weighted by molar-refractivity contribution is 8.00. The second-order valence-electron chi connectivity index (χ2n) is 7.54. The Bertz CT molecular complexity index is 989. The topological polar surface area (TPSA) is 58.4 Å². The van der Waals surface area contributed by atoms with Gasteiger partial charge in [0.25, 0.3) is 0 Å². The van der Waals surface area contributed by atoms with Gasteiger partial charge in [-0.25, -0.2) is 0 Å². The number of benzene rings is 1. The van der Waals surface area contributed by atoms with E-state index in [0.29, 0.717) is 37.4 Å². The first-order valence-corrected chi connectivity index (χ1v) is 10.5. The quantitative estimate of drug-likeness (QED) is 0.687. The molecule has 4 rings (SSSR count). The molecule has 0 saturated carbocycles. The molecule has 1 aromatic carbocycles. The lowest BCUT2D eigenvalue weighted by atomic mass is 9.87. The summed E-state index contributed by atoms with van der Waals surface area (Å²) >= 11 is 1.58. The molecule has 28 heavy (non-hydrogen) atoms. The van der Waals surface area contributed by atoms with Crippen LogP contribution in [0, 0.1) is 6.92 Å². The predicted molar refractivity (Wildman–Crippen MR) is 112 cm³/mol. The first-order valence-electron chi connectivity index (χ1n) is 9.56. The summed E-state index contributed by atoms with van der Waals surface area (Å²) < 4.78 is 2.09. The van der Waals surface area contributed by atoms with Gasteiger partial charge in [-0.3, -0.25) is 9.78 Å². The van der Waals surface area contributed by atoms with Crippen molar-refractivity contribution in [3.63, 3.8) is 0 Å². The van der Waals surface area contributed by atoms with Crippen LogP contribution >= 0.6 is 11.8 Å². The lowest BCUT2D eigenvalue weighted by molar-refractivity contribution is -0.133. The summed E-state index contributed by atoms with van der Waals surface area (Å²) in [5.74, 6) is 0.534. The monoisotopic (exact) mass is 395 g/mol. The zero-order valence-corrected chi connectivity index (χ0v) is 17.1. The van der Waals surface area contributed by atoms with Gasteiger partial charge in [0.1, 0.15) is 5.60 Å². The third-order valence-corrected chi connectivity index (χ3v) is 6.57. The fraction of sp³-hybridized carbons (Fsp3) is 0.364. The van der Waals surface area contributed by atoms with Gasteiger partial charge in [0, 0.05) is 48.3 Å². The number of aryl methyl sites for hydroxylation is 2. The number of aliphatic hydroxyl groups is 1. The van der Waals surface area contributed by atoms with Crippen molar-refractivity contribution in [2.24, 2.45) is 7.05 Å². The summed E-state index contributed by atoms with van der Waals surface area (Å²) in [6.07, 6.45) is 4.91. The van der Waals surface area contributed by atoms with Gasteiger partial charge in [0.05, 0.1) is 11.4 Å². The van der Waals surface area contributed by atoms with E-state index in [1.54, 1.807) is 18.0 Å². The molecule has 146 valence electrons. The van der Waals surface area contributed by atoms with E-state index < -0.39 is 5.60 Å². The van der Waals surface area contributed by atoms with Gasteiger partial charge >= 0.3 is 0 Å². The summed E-state index contributed by atoms with van der Waals surface area (Å²) in [5, 5.41) is 12.1. The molecule has 0 bridgehead atoms. The average molecular weight is 396 g/mol. The molecule has 0 spiro atoms. The zero-order valence-electron chi connectivity index (χ0n) is 16.3. The second kappa shape index (κ2) is 7.60. The van der Waals surface area contributed by atoms with E-state index in [4.69, 9.17) is 0 Å². The highest BCUT2D eigenvalue weighted by Crippen LogP contribution is 2.33. The van der Waals surface area contributed by atoms with Crippen LogP contribution in [0.4, 0.5) is 0 Å². The van der Waals surface area contributed by atoms with Crippen LogP contribution in [0.2, 0.25) is 0 Å². The maximum Gasteiger partial charge on any atom is 0.232 e. The Balaban J connectivity index is 1.37. The predicted octanol–water partition coefficient (Wildman–Crippen LogP) is 3.48. The van der Waals surface area contributed by atoms with Crippen molar-refractivity contribution in [1.82, 2.24) is 14.5 Å². The molecule has 2 aromatic heterocycles. The third kappa shape index (κ3) is 3.66. The molecule has 1 saturated heterocycles. The van der Waals surface area contributed by atoms with E-state index in [9.17, 15) is 9.90 Å². The minimum Gasteiger partial charge on any atom is -0.383 e. The number of pyridine rings is 1. The molecule has 1 amide bonds. The number of likely N-dealkylation sites (tertiary alicyclic amines) is 1. The second-order valence-corrected chi connectivity index (χ2v) is 8.56. The largest absolute Gasteiger partial charge is 0.383 e. The number of amides is 1. The Kier molecular flexibility index (Phi) is 5.17. The van der Waals surface area contributed by atoms with Crippen LogP contribution in [-0.2, 0) is 17.4 Å². The SMILES string of the molecule is Cc1ccc(C2(O)CCN(C(=O)CSc3cn(C)c4ccccc34)CC2)nc1. The first kappa shape index (κ1) is 19.0. The van der Waals surface area contributed by atoms with Gasteiger partial charge in [-0.05, 0) is 37.5 Å². The maximum absolute atomic E-state index is 12.7. The Morgan fingerprint density at radius 3 is 2.68 bits per heavy atom. The third-order valence-electron chi connectivity index (χ3n) is 5.54. The normalized spacial score (nSPS) is 16.5. The minimum atomic E-state index is -0.937. The molecule has 0 radical (unpaired) electrons. The van der Waals surface area contributed by atoms with E-state index in [1.165, 1.54) is 10.9 Å². The fourth-order valence-electron chi connectivity index (χ4n) is 3.78. The summed E-state index contributed by atoms with van der Waals surface area (Å²) in [4.78, 5) is 20.1. The number of nitrogens with zero attached hydrogens (tertiary/aromatic N) is 3. The Hall–Kier alpha value is -2.31. The lowest BCUT2D eigenvalue weighted by Gasteiger charge is -2.37. The molecule has 1 aliphatic rings. The highest BCUT2D eigenvalue weighted by Gasteiger charge is 2.36. The Labute approximate surface area is 169 Å². The number of piperidine rings is 1. The molecule has 5 nitrogen and oxygen atoms in total. The summed E-state index contributed by atoms with van der Waals surface area (Å²) in [6.45, 7) is 3.09. The van der Waals surface area contributed by atoms with Crippen molar-refractivity contribution in [2.75, 3.05) is 18.8 Å². The van der Waals surface area contributed by atoms with Gasteiger partial charge in [-0.2, -0.15) is 0 Å². The standard InChI is InChI=1S/C22H25N3O2S/c1-16-7-8-20(23-13-16)22(27)9-11-25(12-10-22)21(26)15-28-19-14-24(2)18-6-4-3-5-17(18)19/h3-8,13-14,27H,9-12,15H2,1-2H3. The number of aromatic nitrogens is 2. The molecule has 1 aliphatic heterocycles. The highest BCUT2D eigenvalue weighted by atomic mass is 32.2. The summed E-state index contributed by atoms with van der Waals surface area (Å²) in [7, 11) is 2.03. The Morgan fingerprint density at radius 1 is 1.21 bits per heavy atom. The van der Waals surface area contributed by atoms with Crippen molar-refractivity contribution >= 4 is 28.6 Å². The van der Waals surface area contributed by atoms with E-state index >= 15 is 0 Å². The van der Waals surface area contributed by atoms with Gasteiger partial charge in [-0.15, -0.1) is 11.8 Å². The van der Waals surface area contributed by atoms with Gasteiger partial charge in [-0.1, -0.05) is 24.3 Å². The molecule has 1 N–H and O–H groups in total. The van der Waals surface area contributed by atoms with Crippen LogP contribution in [0.3, 0.4) is 0 Å². The van der Waals surface area contributed by atoms with Crippen molar-refractivity contribution in [3.8, 4) is 0 Å². The van der Waals surface area contributed by atoms with Gasteiger partial charge in [0.15, 0.2) is 0 Å². The molecule has 3 heterocycles. The van der Waals surface area contributed by atoms with Crippen LogP contribution in [-0.4, -0.2) is 44.3 Å². The molecular weight excluding hydrogens is 370 g/mol. The van der Waals surface area contributed by atoms with E-state index in [0.717, 1.165) is 10.5 Å². The number of hydrogen-bond acceptors (Lipinski definition) is 4.